The number of rotatable bonds is 17. The van der Waals surface area contributed by atoms with Crippen molar-refractivity contribution in [3.05, 3.63) is 29.8 Å². The number of nitrogens with one attached hydrogen (secondary N) is 1. The van der Waals surface area contributed by atoms with Crippen molar-refractivity contribution in [3.8, 4) is 5.75 Å². The molecule has 1 amide bonds. The van der Waals surface area contributed by atoms with Crippen LogP contribution in [-0.4, -0.2) is 36.6 Å². The van der Waals surface area contributed by atoms with E-state index in [4.69, 9.17) is 5.14 Å². The summed E-state index contributed by atoms with van der Waals surface area (Å²) in [7, 11) is -4.96. The van der Waals surface area contributed by atoms with Gasteiger partial charge in [0, 0.05) is 35.3 Å². The Morgan fingerprint density at radius 1 is 1.00 bits per heavy atom. The molecule has 0 spiro atoms. The SMILES string of the molecule is CCCCCCCCCCS(=O)CCC(=O)NCCc1ccc(OS(N)(=O)=O)cc1. The van der Waals surface area contributed by atoms with E-state index in [0.29, 0.717) is 24.5 Å². The lowest BCUT2D eigenvalue weighted by atomic mass is 10.1. The average molecular weight is 461 g/mol. The van der Waals surface area contributed by atoms with Crippen molar-refractivity contribution in [1.82, 2.24) is 5.32 Å². The van der Waals surface area contributed by atoms with Crippen LogP contribution in [0.3, 0.4) is 0 Å². The van der Waals surface area contributed by atoms with E-state index >= 15 is 0 Å². The van der Waals surface area contributed by atoms with E-state index in [1.165, 1.54) is 50.7 Å². The molecular formula is C21H36N2O5S2. The summed E-state index contributed by atoms with van der Waals surface area (Å²) < 4.78 is 38.3. The standard InChI is InChI=1S/C21H36N2O5S2/c1-2-3-4-5-6-7-8-9-17-29(25)18-15-21(24)23-16-14-19-10-12-20(13-11-19)28-30(22,26)27/h10-13H,2-9,14-18H2,1H3,(H,23,24)(H2,22,26,27). The first-order valence-corrected chi connectivity index (χ1v) is 13.7. The second kappa shape index (κ2) is 15.4. The summed E-state index contributed by atoms with van der Waals surface area (Å²) in [5, 5.41) is 7.63. The molecule has 7 nitrogen and oxygen atoms in total. The van der Waals surface area contributed by atoms with Gasteiger partial charge in [-0.05, 0) is 30.5 Å². The Morgan fingerprint density at radius 2 is 1.60 bits per heavy atom. The molecular weight excluding hydrogens is 424 g/mol. The minimum atomic E-state index is -4.03. The molecule has 0 saturated carbocycles. The van der Waals surface area contributed by atoms with E-state index in [1.54, 1.807) is 12.1 Å². The van der Waals surface area contributed by atoms with Gasteiger partial charge in [-0.1, -0.05) is 64.0 Å². The van der Waals surface area contributed by atoms with Crippen LogP contribution in [0, 0.1) is 0 Å². The largest absolute Gasteiger partial charge is 0.380 e. The Morgan fingerprint density at radius 3 is 2.20 bits per heavy atom. The van der Waals surface area contributed by atoms with Crippen LogP contribution in [0.15, 0.2) is 24.3 Å². The van der Waals surface area contributed by atoms with E-state index in [-0.39, 0.29) is 18.1 Å². The van der Waals surface area contributed by atoms with Crippen LogP contribution in [0.5, 0.6) is 5.75 Å². The molecule has 0 bridgehead atoms. The van der Waals surface area contributed by atoms with Crippen LogP contribution < -0.4 is 14.6 Å². The van der Waals surface area contributed by atoms with Crippen molar-refractivity contribution in [2.45, 2.75) is 71.1 Å². The first kappa shape index (κ1) is 26.6. The lowest BCUT2D eigenvalue weighted by Crippen LogP contribution is -2.27. The maximum absolute atomic E-state index is 12.0. The number of benzene rings is 1. The fourth-order valence-electron chi connectivity index (χ4n) is 2.99. The van der Waals surface area contributed by atoms with Gasteiger partial charge in [-0.3, -0.25) is 9.00 Å². The zero-order chi connectivity index (χ0) is 22.2. The highest BCUT2D eigenvalue weighted by molar-refractivity contribution is 7.85. The van der Waals surface area contributed by atoms with Gasteiger partial charge >= 0.3 is 10.3 Å². The van der Waals surface area contributed by atoms with Gasteiger partial charge in [0.05, 0.1) is 0 Å². The third-order valence-corrected chi connectivity index (χ3v) is 6.48. The number of hydrogen-bond donors (Lipinski definition) is 2. The van der Waals surface area contributed by atoms with Gasteiger partial charge < -0.3 is 9.50 Å². The molecule has 3 N–H and O–H groups in total. The van der Waals surface area contributed by atoms with Crippen LogP contribution in [0.1, 0.15) is 70.3 Å². The zero-order valence-electron chi connectivity index (χ0n) is 17.9. The first-order chi connectivity index (χ1) is 14.3. The molecule has 0 aliphatic rings. The minimum absolute atomic E-state index is 0.103. The minimum Gasteiger partial charge on any atom is -0.371 e. The van der Waals surface area contributed by atoms with Crippen molar-refractivity contribution in [2.24, 2.45) is 5.14 Å². The molecule has 0 heterocycles. The summed E-state index contributed by atoms with van der Waals surface area (Å²) in [6.07, 6.45) is 10.6. The van der Waals surface area contributed by atoms with Crippen molar-refractivity contribution >= 4 is 27.0 Å². The number of hydrogen-bond acceptors (Lipinski definition) is 5. The quantitative estimate of drug-likeness (QED) is 0.346. The van der Waals surface area contributed by atoms with Crippen LogP contribution >= 0.6 is 0 Å². The molecule has 0 radical (unpaired) electrons. The molecule has 30 heavy (non-hydrogen) atoms. The lowest BCUT2D eigenvalue weighted by Gasteiger charge is -2.07. The van der Waals surface area contributed by atoms with E-state index in [0.717, 1.165) is 18.4 Å². The maximum atomic E-state index is 12.0. The Bertz CT molecular complexity index is 736. The second-order valence-electron chi connectivity index (χ2n) is 7.39. The Balaban J connectivity index is 2.08. The fourth-order valence-corrected chi connectivity index (χ4v) is 4.51. The summed E-state index contributed by atoms with van der Waals surface area (Å²) in [5.74, 6) is 1.12. The van der Waals surface area contributed by atoms with Crippen molar-refractivity contribution in [2.75, 3.05) is 18.1 Å². The molecule has 1 aromatic carbocycles. The van der Waals surface area contributed by atoms with Crippen LogP contribution in [0.25, 0.3) is 0 Å². The molecule has 172 valence electrons. The van der Waals surface area contributed by atoms with Crippen LogP contribution in [-0.2, 0) is 32.3 Å². The number of nitrogens with two attached hydrogens (primary N) is 1. The monoisotopic (exact) mass is 460 g/mol. The second-order valence-corrected chi connectivity index (χ2v) is 10.2. The third kappa shape index (κ3) is 14.5. The number of unbranched alkanes of at least 4 members (excludes halogenated alkanes) is 7. The molecule has 9 heteroatoms. The summed E-state index contributed by atoms with van der Waals surface area (Å²) in [4.78, 5) is 11.9. The summed E-state index contributed by atoms with van der Waals surface area (Å²) >= 11 is 0. The van der Waals surface area contributed by atoms with Crippen molar-refractivity contribution < 1.29 is 21.6 Å². The highest BCUT2D eigenvalue weighted by Gasteiger charge is 2.07. The number of carbonyl (C=O) groups is 1. The van der Waals surface area contributed by atoms with Crippen molar-refractivity contribution in [1.29, 1.82) is 0 Å². The van der Waals surface area contributed by atoms with Gasteiger partial charge in [-0.2, -0.15) is 13.6 Å². The van der Waals surface area contributed by atoms with Crippen LogP contribution in [0.4, 0.5) is 0 Å². The molecule has 0 aromatic heterocycles. The number of carbonyl (C=O) groups excluding carboxylic acids is 1. The van der Waals surface area contributed by atoms with Gasteiger partial charge in [0.1, 0.15) is 5.75 Å². The summed E-state index contributed by atoms with van der Waals surface area (Å²) in [5.41, 5.74) is 0.926. The predicted octanol–water partition coefficient (Wildman–Crippen LogP) is 3.21. The zero-order valence-corrected chi connectivity index (χ0v) is 19.6. The summed E-state index contributed by atoms with van der Waals surface area (Å²) in [6, 6.07) is 6.45. The Labute approximate surface area is 183 Å². The molecule has 0 fully saturated rings. The smallest absolute Gasteiger partial charge is 0.371 e. The van der Waals surface area contributed by atoms with E-state index < -0.39 is 21.1 Å². The topological polar surface area (TPSA) is 116 Å². The van der Waals surface area contributed by atoms with Crippen LogP contribution in [0.2, 0.25) is 0 Å². The van der Waals surface area contributed by atoms with E-state index in [2.05, 4.69) is 16.4 Å². The van der Waals surface area contributed by atoms with Gasteiger partial charge in [-0.15, -0.1) is 0 Å². The summed E-state index contributed by atoms with van der Waals surface area (Å²) in [6.45, 7) is 2.67. The van der Waals surface area contributed by atoms with Gasteiger partial charge in [0.2, 0.25) is 5.91 Å². The van der Waals surface area contributed by atoms with Gasteiger partial charge in [-0.25, -0.2) is 0 Å². The number of amides is 1. The molecule has 0 aliphatic carbocycles. The first-order valence-electron chi connectivity index (χ1n) is 10.7. The molecule has 0 aliphatic heterocycles. The highest BCUT2D eigenvalue weighted by Crippen LogP contribution is 2.13. The maximum Gasteiger partial charge on any atom is 0.380 e. The molecule has 1 aromatic rings. The lowest BCUT2D eigenvalue weighted by molar-refractivity contribution is -0.120. The molecule has 1 unspecified atom stereocenters. The normalized spacial score (nSPS) is 12.5. The predicted molar refractivity (Wildman–Crippen MR) is 122 cm³/mol. The Kier molecular flexibility index (Phi) is 13.6. The third-order valence-electron chi connectivity index (χ3n) is 4.65. The molecule has 1 rings (SSSR count). The van der Waals surface area contributed by atoms with E-state index in [1.807, 2.05) is 0 Å². The van der Waals surface area contributed by atoms with Gasteiger partial charge in [0.25, 0.3) is 0 Å². The Hall–Kier alpha value is -1.45. The molecule has 1 atom stereocenters. The fraction of sp³-hybridized carbons (Fsp3) is 0.667. The van der Waals surface area contributed by atoms with Crippen molar-refractivity contribution in [3.63, 3.8) is 0 Å². The molecule has 0 saturated heterocycles. The average Bonchev–Trinajstić information content (AvgIpc) is 2.68. The van der Waals surface area contributed by atoms with E-state index in [9.17, 15) is 17.4 Å². The highest BCUT2D eigenvalue weighted by atomic mass is 32.2. The van der Waals surface area contributed by atoms with Gasteiger partial charge in [0.15, 0.2) is 0 Å².